The third kappa shape index (κ3) is 5.91. The Morgan fingerprint density at radius 1 is 1.07 bits per heavy atom. The fourth-order valence-corrected chi connectivity index (χ4v) is 5.82. The first-order valence-corrected chi connectivity index (χ1v) is 14.8. The Kier molecular flexibility index (Phi) is 7.97. The summed E-state index contributed by atoms with van der Waals surface area (Å²) in [4.78, 5) is 13.6. The molecule has 0 bridgehead atoms. The van der Waals surface area contributed by atoms with Gasteiger partial charge < -0.3 is 15.4 Å². The largest absolute Gasteiger partial charge is 0.437 e. The first-order valence-electron chi connectivity index (χ1n) is 13.2. The van der Waals surface area contributed by atoms with Crippen molar-refractivity contribution in [3.05, 3.63) is 71.8 Å². The zero-order valence-corrected chi connectivity index (χ0v) is 23.8. The van der Waals surface area contributed by atoms with Gasteiger partial charge in [-0.05, 0) is 67.1 Å². The molecule has 0 saturated carbocycles. The van der Waals surface area contributed by atoms with Crippen LogP contribution in [0, 0.1) is 18.7 Å². The number of ether oxygens (including phenoxy) is 1. The van der Waals surface area contributed by atoms with E-state index in [2.05, 4.69) is 27.5 Å². The molecule has 1 fully saturated rings. The van der Waals surface area contributed by atoms with Crippen molar-refractivity contribution in [2.24, 2.45) is 5.92 Å². The van der Waals surface area contributed by atoms with Gasteiger partial charge in [-0.2, -0.15) is 0 Å². The number of benzene rings is 2. The molecule has 3 heterocycles. The van der Waals surface area contributed by atoms with Gasteiger partial charge in [-0.3, -0.25) is 0 Å². The molecule has 0 aliphatic carbocycles. The van der Waals surface area contributed by atoms with Crippen molar-refractivity contribution in [3.63, 3.8) is 0 Å². The van der Waals surface area contributed by atoms with E-state index in [0.29, 0.717) is 45.5 Å². The number of aryl methyl sites for hydroxylation is 1. The lowest BCUT2D eigenvalue weighted by molar-refractivity contribution is 0.377. The minimum Gasteiger partial charge on any atom is -0.437 e. The highest BCUT2D eigenvalue weighted by Crippen LogP contribution is 2.38. The van der Waals surface area contributed by atoms with Crippen LogP contribution in [0.2, 0.25) is 0 Å². The molecular formula is C29H33FN6O3S. The van der Waals surface area contributed by atoms with Crippen LogP contribution in [0.25, 0.3) is 22.0 Å². The van der Waals surface area contributed by atoms with E-state index in [9.17, 15) is 12.8 Å². The summed E-state index contributed by atoms with van der Waals surface area (Å²) in [5.74, 6) is 0.824. The fraction of sp³-hybridized carbons (Fsp3) is 0.345. The van der Waals surface area contributed by atoms with Crippen LogP contribution in [0.4, 0.5) is 10.3 Å². The molecule has 1 aliphatic heterocycles. The van der Waals surface area contributed by atoms with E-state index >= 15 is 0 Å². The number of anilines is 1. The SMILES string of the molecule is Cc1ccc2c(CS(=O)(=O)N(C)C)c(F)ccc2c1Oc1ncccc1-c1ccnc(N[C@@H]2CNC[C@H](C)C2)n1. The van der Waals surface area contributed by atoms with E-state index in [4.69, 9.17) is 9.72 Å². The van der Waals surface area contributed by atoms with E-state index in [0.717, 1.165) is 29.4 Å². The third-order valence-corrected chi connectivity index (χ3v) is 8.86. The van der Waals surface area contributed by atoms with Crippen molar-refractivity contribution in [2.75, 3.05) is 32.5 Å². The molecule has 0 spiro atoms. The topological polar surface area (TPSA) is 109 Å². The Labute approximate surface area is 233 Å². The van der Waals surface area contributed by atoms with Crippen molar-refractivity contribution in [2.45, 2.75) is 32.1 Å². The van der Waals surface area contributed by atoms with Crippen LogP contribution in [0.5, 0.6) is 11.6 Å². The summed E-state index contributed by atoms with van der Waals surface area (Å²) in [7, 11) is -0.830. The number of nitrogens with zero attached hydrogens (tertiary/aromatic N) is 4. The van der Waals surface area contributed by atoms with E-state index in [-0.39, 0.29) is 11.6 Å². The van der Waals surface area contributed by atoms with Crippen molar-refractivity contribution in [3.8, 4) is 22.9 Å². The summed E-state index contributed by atoms with van der Waals surface area (Å²) in [5.41, 5.74) is 2.19. The van der Waals surface area contributed by atoms with Crippen molar-refractivity contribution >= 4 is 26.7 Å². The predicted octanol–water partition coefficient (Wildman–Crippen LogP) is 4.73. The molecule has 0 unspecified atom stereocenters. The van der Waals surface area contributed by atoms with Crippen molar-refractivity contribution in [1.29, 1.82) is 0 Å². The molecule has 11 heteroatoms. The maximum atomic E-state index is 14.9. The number of aromatic nitrogens is 3. The van der Waals surface area contributed by atoms with Crippen LogP contribution < -0.4 is 15.4 Å². The molecule has 0 radical (unpaired) electrons. The average Bonchev–Trinajstić information content (AvgIpc) is 2.92. The monoisotopic (exact) mass is 564 g/mol. The fourth-order valence-electron chi connectivity index (χ4n) is 4.91. The normalized spacial score (nSPS) is 17.8. The standard InChI is InChI=1S/C29H33FN6O3S/c1-18-14-20(16-31-15-18)34-29-33-13-11-26(35-29)23-6-5-12-32-28(23)39-27-19(2)7-8-21-22(27)9-10-25(30)24(21)17-40(37,38)36(3)4/h5-13,18,20,31H,14-17H2,1-4H3,(H,33,34,35)/t18-,20+/m1/s1. The highest BCUT2D eigenvalue weighted by molar-refractivity contribution is 7.88. The maximum Gasteiger partial charge on any atom is 0.228 e. The van der Waals surface area contributed by atoms with Crippen molar-refractivity contribution < 1.29 is 17.5 Å². The molecule has 40 heavy (non-hydrogen) atoms. The molecule has 9 nitrogen and oxygen atoms in total. The van der Waals surface area contributed by atoms with Gasteiger partial charge in [-0.25, -0.2) is 32.1 Å². The lowest BCUT2D eigenvalue weighted by Gasteiger charge is -2.28. The Hall–Kier alpha value is -3.67. The summed E-state index contributed by atoms with van der Waals surface area (Å²) < 4.78 is 47.6. The van der Waals surface area contributed by atoms with Crippen LogP contribution in [-0.4, -0.2) is 60.9 Å². The highest BCUT2D eigenvalue weighted by Gasteiger charge is 2.23. The molecule has 0 amide bonds. The Morgan fingerprint density at radius 2 is 1.88 bits per heavy atom. The number of hydrogen-bond donors (Lipinski definition) is 2. The number of sulfonamides is 1. The molecule has 1 aliphatic rings. The second kappa shape index (κ2) is 11.4. The van der Waals surface area contributed by atoms with Gasteiger partial charge in [0.05, 0.1) is 17.0 Å². The van der Waals surface area contributed by atoms with Crippen molar-refractivity contribution in [1.82, 2.24) is 24.6 Å². The molecule has 2 atom stereocenters. The smallest absolute Gasteiger partial charge is 0.228 e. The second-order valence-corrected chi connectivity index (χ2v) is 12.6. The molecule has 2 aromatic heterocycles. The van der Waals surface area contributed by atoms with Crippen LogP contribution in [0.15, 0.2) is 54.9 Å². The molecular weight excluding hydrogens is 531 g/mol. The summed E-state index contributed by atoms with van der Waals surface area (Å²) >= 11 is 0. The summed E-state index contributed by atoms with van der Waals surface area (Å²) in [5, 5.41) is 7.91. The number of fused-ring (bicyclic) bond motifs is 1. The average molecular weight is 565 g/mol. The molecule has 2 N–H and O–H groups in total. The Bertz CT molecular complexity index is 1650. The van der Waals surface area contributed by atoms with Crippen LogP contribution in [0.3, 0.4) is 0 Å². The van der Waals surface area contributed by atoms with Gasteiger partial charge in [0, 0.05) is 50.0 Å². The molecule has 210 valence electrons. The van der Waals surface area contributed by atoms with E-state index in [1.165, 1.54) is 20.2 Å². The molecule has 2 aromatic carbocycles. The van der Waals surface area contributed by atoms with Crippen LogP contribution >= 0.6 is 0 Å². The number of pyridine rings is 1. The van der Waals surface area contributed by atoms with E-state index in [1.54, 1.807) is 42.7 Å². The number of hydrogen-bond acceptors (Lipinski definition) is 8. The molecule has 4 aromatic rings. The zero-order chi connectivity index (χ0) is 28.4. The third-order valence-electron chi connectivity index (χ3n) is 7.09. The second-order valence-electron chi connectivity index (χ2n) is 10.4. The summed E-state index contributed by atoms with van der Waals surface area (Å²) in [6, 6.07) is 12.1. The van der Waals surface area contributed by atoms with Crippen LogP contribution in [-0.2, 0) is 15.8 Å². The number of piperidine rings is 1. The first-order chi connectivity index (χ1) is 19.1. The predicted molar refractivity (Wildman–Crippen MR) is 154 cm³/mol. The molecule has 1 saturated heterocycles. The Balaban J connectivity index is 1.51. The van der Waals surface area contributed by atoms with Crippen LogP contribution in [0.1, 0.15) is 24.5 Å². The number of rotatable bonds is 8. The number of nitrogens with one attached hydrogen (secondary N) is 2. The molecule has 5 rings (SSSR count). The minimum atomic E-state index is -3.69. The van der Waals surface area contributed by atoms with Gasteiger partial charge in [0.2, 0.25) is 21.9 Å². The van der Waals surface area contributed by atoms with Gasteiger partial charge in [0.15, 0.2) is 0 Å². The maximum absolute atomic E-state index is 14.9. The van der Waals surface area contributed by atoms with Gasteiger partial charge >= 0.3 is 0 Å². The lowest BCUT2D eigenvalue weighted by atomic mass is 9.98. The quantitative estimate of drug-likeness (QED) is 0.316. The van der Waals surface area contributed by atoms with E-state index in [1.807, 2.05) is 13.0 Å². The van der Waals surface area contributed by atoms with Gasteiger partial charge in [-0.1, -0.05) is 19.1 Å². The summed E-state index contributed by atoms with van der Waals surface area (Å²) in [6.45, 7) is 5.94. The Morgan fingerprint density at radius 3 is 2.65 bits per heavy atom. The first kappa shape index (κ1) is 27.9. The highest BCUT2D eigenvalue weighted by atomic mass is 32.2. The number of halogens is 1. The van der Waals surface area contributed by atoms with Gasteiger partial charge in [0.1, 0.15) is 11.6 Å². The lowest BCUT2D eigenvalue weighted by Crippen LogP contribution is -2.42. The summed E-state index contributed by atoms with van der Waals surface area (Å²) in [6.07, 6.45) is 4.36. The van der Waals surface area contributed by atoms with E-state index < -0.39 is 21.6 Å². The van der Waals surface area contributed by atoms with Gasteiger partial charge in [-0.15, -0.1) is 0 Å². The minimum absolute atomic E-state index is 0.0929. The van der Waals surface area contributed by atoms with Gasteiger partial charge in [0.25, 0.3) is 0 Å². The zero-order valence-electron chi connectivity index (χ0n) is 23.0.